The molecule has 0 N–H and O–H groups in total. The van der Waals surface area contributed by atoms with Gasteiger partial charge in [-0.25, -0.2) is 4.79 Å². The predicted octanol–water partition coefficient (Wildman–Crippen LogP) is 2.95. The highest BCUT2D eigenvalue weighted by atomic mass is 32.1. The monoisotopic (exact) mass is 438 g/mol. The van der Waals surface area contributed by atoms with Crippen molar-refractivity contribution < 1.29 is 18.7 Å². The number of hydrogen-bond acceptors (Lipinski definition) is 6. The first kappa shape index (κ1) is 19.8. The zero-order chi connectivity index (χ0) is 21.5. The molecule has 3 heterocycles. The van der Waals surface area contributed by atoms with Crippen LogP contribution in [0.4, 0.5) is 0 Å². The van der Waals surface area contributed by atoms with Gasteiger partial charge in [0.2, 0.25) is 5.91 Å². The molecule has 8 heteroatoms. The Morgan fingerprint density at radius 3 is 2.58 bits per heavy atom. The zero-order valence-electron chi connectivity index (χ0n) is 17.1. The molecule has 3 aromatic rings. The summed E-state index contributed by atoms with van der Waals surface area (Å²) in [5.41, 5.74) is -0.357. The normalized spacial score (nSPS) is 20.7. The van der Waals surface area contributed by atoms with E-state index in [1.165, 1.54) is 12.0 Å². The van der Waals surface area contributed by atoms with E-state index in [1.54, 1.807) is 40.5 Å². The fourth-order valence-electron chi connectivity index (χ4n) is 4.25. The van der Waals surface area contributed by atoms with Crippen LogP contribution in [0.25, 0.3) is 11.0 Å². The number of carbonyl (C=O) groups excluding carboxylic acids is 2. The number of thiophene rings is 1. The maximum absolute atomic E-state index is 13.0. The molecule has 1 aliphatic heterocycles. The van der Waals surface area contributed by atoms with Gasteiger partial charge in [-0.2, -0.15) is 0 Å². The molecule has 2 amide bonds. The number of rotatable bonds is 4. The smallest absolute Gasteiger partial charge is 0.349 e. The molecule has 0 radical (unpaired) electrons. The summed E-state index contributed by atoms with van der Waals surface area (Å²) >= 11 is 1.70. The highest BCUT2D eigenvalue weighted by Crippen LogP contribution is 2.50. The molecular weight excluding hydrogens is 416 g/mol. The molecule has 1 aliphatic carbocycles. The zero-order valence-corrected chi connectivity index (χ0v) is 17.9. The molecule has 2 fully saturated rings. The van der Waals surface area contributed by atoms with Crippen LogP contribution in [0.1, 0.15) is 27.6 Å². The van der Waals surface area contributed by atoms with E-state index in [0.29, 0.717) is 48.8 Å². The Morgan fingerprint density at radius 2 is 1.87 bits per heavy atom. The second kappa shape index (κ2) is 7.85. The summed E-state index contributed by atoms with van der Waals surface area (Å²) in [6.45, 7) is 1.75. The molecule has 1 saturated carbocycles. The molecule has 5 rings (SSSR count). The lowest BCUT2D eigenvalue weighted by molar-refractivity contribution is -0.134. The number of ether oxygens (including phenoxy) is 1. The minimum absolute atomic E-state index is 0.000446. The fourth-order valence-corrected chi connectivity index (χ4v) is 5.15. The maximum Gasteiger partial charge on any atom is 0.349 e. The predicted molar refractivity (Wildman–Crippen MR) is 117 cm³/mol. The summed E-state index contributed by atoms with van der Waals surface area (Å²) in [5.74, 6) is 0.646. The number of benzene rings is 1. The first-order valence-electron chi connectivity index (χ1n) is 10.3. The quantitative estimate of drug-likeness (QED) is 0.585. The molecule has 0 bridgehead atoms. The van der Waals surface area contributed by atoms with Gasteiger partial charge in [-0.3, -0.25) is 9.59 Å². The Balaban J connectivity index is 1.26. The number of hydrogen-bond donors (Lipinski definition) is 0. The summed E-state index contributed by atoms with van der Waals surface area (Å²) in [5, 5.41) is 2.67. The van der Waals surface area contributed by atoms with Gasteiger partial charge < -0.3 is 19.0 Å². The average Bonchev–Trinajstić information content (AvgIpc) is 3.41. The first-order chi connectivity index (χ1) is 15.1. The topological polar surface area (TPSA) is 80.1 Å². The van der Waals surface area contributed by atoms with Gasteiger partial charge in [-0.1, -0.05) is 18.2 Å². The number of piperazine rings is 1. The Labute approximate surface area is 182 Å². The fraction of sp³-hybridized carbons (Fsp3) is 0.348. The van der Waals surface area contributed by atoms with Crippen LogP contribution in [0.5, 0.6) is 5.75 Å². The number of nitrogens with zero attached hydrogens (tertiary/aromatic N) is 2. The third-order valence-corrected chi connectivity index (χ3v) is 7.07. The second-order valence-corrected chi connectivity index (χ2v) is 8.89. The molecule has 1 aromatic carbocycles. The van der Waals surface area contributed by atoms with E-state index in [-0.39, 0.29) is 23.3 Å². The van der Waals surface area contributed by atoms with Crippen molar-refractivity contribution in [3.8, 4) is 5.75 Å². The molecule has 160 valence electrons. The van der Waals surface area contributed by atoms with Crippen LogP contribution >= 0.6 is 11.3 Å². The Morgan fingerprint density at radius 1 is 1.10 bits per heavy atom. The van der Waals surface area contributed by atoms with E-state index in [2.05, 4.69) is 6.07 Å². The standard InChI is InChI=1S/C23H22N2O5S/c1-29-18-5-2-4-14-12-17(23(28)30-20(14)18)22(27)25-9-7-24(8-10-25)21(26)16-13-15(16)19-6-3-11-31-19/h2-6,11-12,15-16H,7-10,13H2,1H3/t15-,16+/m1/s1. The maximum atomic E-state index is 13.0. The molecule has 2 atom stereocenters. The third kappa shape index (κ3) is 3.61. The molecule has 2 aromatic heterocycles. The lowest BCUT2D eigenvalue weighted by Crippen LogP contribution is -2.51. The molecule has 31 heavy (non-hydrogen) atoms. The van der Waals surface area contributed by atoms with E-state index in [0.717, 1.165) is 6.42 Å². The highest BCUT2D eigenvalue weighted by molar-refractivity contribution is 7.10. The van der Waals surface area contributed by atoms with Crippen molar-refractivity contribution in [2.24, 2.45) is 5.92 Å². The number of methoxy groups -OCH3 is 1. The summed E-state index contributed by atoms with van der Waals surface area (Å²) in [6, 6.07) is 10.9. The molecule has 2 aliphatic rings. The lowest BCUT2D eigenvalue weighted by Gasteiger charge is -2.34. The number of para-hydroxylation sites is 1. The molecule has 1 saturated heterocycles. The van der Waals surface area contributed by atoms with Crippen molar-refractivity contribution in [1.82, 2.24) is 9.80 Å². The van der Waals surface area contributed by atoms with Crippen molar-refractivity contribution in [1.29, 1.82) is 0 Å². The minimum Gasteiger partial charge on any atom is -0.493 e. The van der Waals surface area contributed by atoms with Gasteiger partial charge >= 0.3 is 5.63 Å². The van der Waals surface area contributed by atoms with Gasteiger partial charge in [0.1, 0.15) is 5.56 Å². The Bertz CT molecular complexity index is 1190. The first-order valence-corrected chi connectivity index (χ1v) is 11.2. The second-order valence-electron chi connectivity index (χ2n) is 7.91. The average molecular weight is 439 g/mol. The molecule has 0 unspecified atom stereocenters. The summed E-state index contributed by atoms with van der Waals surface area (Å²) in [6.07, 6.45) is 0.903. The molecule has 7 nitrogen and oxygen atoms in total. The Kier molecular flexibility index (Phi) is 5.02. The van der Waals surface area contributed by atoms with Crippen LogP contribution in [0.15, 0.2) is 51.0 Å². The summed E-state index contributed by atoms with van der Waals surface area (Å²) < 4.78 is 10.6. The van der Waals surface area contributed by atoms with E-state index in [4.69, 9.17) is 9.15 Å². The van der Waals surface area contributed by atoms with Crippen LogP contribution < -0.4 is 10.4 Å². The molecule has 0 spiro atoms. The van der Waals surface area contributed by atoms with E-state index >= 15 is 0 Å². The summed E-state index contributed by atoms with van der Waals surface area (Å²) in [7, 11) is 1.50. The van der Waals surface area contributed by atoms with Gasteiger partial charge in [0, 0.05) is 48.3 Å². The van der Waals surface area contributed by atoms with Gasteiger partial charge in [-0.15, -0.1) is 11.3 Å². The van der Waals surface area contributed by atoms with Crippen molar-refractivity contribution in [3.05, 3.63) is 62.6 Å². The lowest BCUT2D eigenvalue weighted by atomic mass is 10.1. The van der Waals surface area contributed by atoms with Crippen molar-refractivity contribution in [2.75, 3.05) is 33.3 Å². The SMILES string of the molecule is COc1cccc2cc(C(=O)N3CCN(C(=O)[C@H]4C[C@H]4c4cccs4)CC3)c(=O)oc12. The van der Waals surface area contributed by atoms with Gasteiger partial charge in [0.05, 0.1) is 7.11 Å². The van der Waals surface area contributed by atoms with E-state index in [1.807, 2.05) is 16.3 Å². The van der Waals surface area contributed by atoms with Crippen LogP contribution in [-0.4, -0.2) is 54.9 Å². The van der Waals surface area contributed by atoms with Crippen LogP contribution in [0, 0.1) is 5.92 Å². The highest BCUT2D eigenvalue weighted by Gasteiger charge is 2.46. The van der Waals surface area contributed by atoms with Crippen LogP contribution in [-0.2, 0) is 4.79 Å². The summed E-state index contributed by atoms with van der Waals surface area (Å²) in [4.78, 5) is 43.0. The number of fused-ring (bicyclic) bond motifs is 1. The largest absolute Gasteiger partial charge is 0.493 e. The minimum atomic E-state index is -0.683. The van der Waals surface area contributed by atoms with Gasteiger partial charge in [0.25, 0.3) is 5.91 Å². The van der Waals surface area contributed by atoms with Crippen molar-refractivity contribution in [2.45, 2.75) is 12.3 Å². The van der Waals surface area contributed by atoms with Gasteiger partial charge in [-0.05, 0) is 30.0 Å². The van der Waals surface area contributed by atoms with Gasteiger partial charge in [0.15, 0.2) is 11.3 Å². The van der Waals surface area contributed by atoms with E-state index in [9.17, 15) is 14.4 Å². The molecular formula is C23H22N2O5S. The van der Waals surface area contributed by atoms with Crippen molar-refractivity contribution >= 4 is 34.1 Å². The number of amides is 2. The van der Waals surface area contributed by atoms with E-state index < -0.39 is 5.63 Å². The third-order valence-electron chi connectivity index (χ3n) is 6.07. The Hall–Kier alpha value is -3.13. The number of carbonyl (C=O) groups is 2. The van der Waals surface area contributed by atoms with Crippen LogP contribution in [0.2, 0.25) is 0 Å². The van der Waals surface area contributed by atoms with Crippen molar-refractivity contribution in [3.63, 3.8) is 0 Å². The van der Waals surface area contributed by atoms with Crippen LogP contribution in [0.3, 0.4) is 0 Å².